The number of anilines is 1. The lowest BCUT2D eigenvalue weighted by molar-refractivity contribution is -0.123. The zero-order valence-corrected chi connectivity index (χ0v) is 13.2. The molecule has 1 fully saturated rings. The van der Waals surface area contributed by atoms with E-state index in [2.05, 4.69) is 15.2 Å². The van der Waals surface area contributed by atoms with Crippen LogP contribution in [0.15, 0.2) is 48.7 Å². The van der Waals surface area contributed by atoms with E-state index < -0.39 is 0 Å². The highest BCUT2D eigenvalue weighted by molar-refractivity contribution is 5.78. The third-order valence-corrected chi connectivity index (χ3v) is 3.89. The van der Waals surface area contributed by atoms with E-state index in [0.717, 1.165) is 36.6 Å². The summed E-state index contributed by atoms with van der Waals surface area (Å²) in [6, 6.07) is 13.7. The van der Waals surface area contributed by atoms with Gasteiger partial charge in [0.15, 0.2) is 6.61 Å². The van der Waals surface area contributed by atoms with Crippen molar-refractivity contribution in [1.82, 2.24) is 10.3 Å². The lowest BCUT2D eigenvalue weighted by atomic mass is 10.2. The van der Waals surface area contributed by atoms with Crippen LogP contribution in [0, 0.1) is 6.92 Å². The number of carbonyl (C=O) groups excluding carboxylic acids is 1. The van der Waals surface area contributed by atoms with Crippen LogP contribution in [0.4, 0.5) is 5.82 Å². The van der Waals surface area contributed by atoms with Crippen LogP contribution in [0.25, 0.3) is 0 Å². The van der Waals surface area contributed by atoms with Crippen molar-refractivity contribution < 1.29 is 9.53 Å². The van der Waals surface area contributed by atoms with Crippen LogP contribution in [0.5, 0.6) is 5.75 Å². The summed E-state index contributed by atoms with van der Waals surface area (Å²) in [4.78, 5) is 18.6. The number of nitrogens with zero attached hydrogens (tertiary/aromatic N) is 2. The van der Waals surface area contributed by atoms with Crippen molar-refractivity contribution in [3.8, 4) is 5.75 Å². The average Bonchev–Trinajstić information content (AvgIpc) is 3.02. The van der Waals surface area contributed by atoms with E-state index in [0.29, 0.717) is 0 Å². The van der Waals surface area contributed by atoms with Gasteiger partial charge in [-0.05, 0) is 43.2 Å². The van der Waals surface area contributed by atoms with E-state index in [1.165, 1.54) is 0 Å². The predicted octanol–water partition coefficient (Wildman–Crippen LogP) is 2.16. The second-order valence-corrected chi connectivity index (χ2v) is 5.79. The molecule has 2 heterocycles. The smallest absolute Gasteiger partial charge is 0.258 e. The fraction of sp³-hybridized carbons (Fsp3) is 0.333. The minimum Gasteiger partial charge on any atom is -0.484 e. The van der Waals surface area contributed by atoms with Gasteiger partial charge in [-0.25, -0.2) is 4.98 Å². The van der Waals surface area contributed by atoms with Crippen LogP contribution < -0.4 is 15.0 Å². The molecule has 3 rings (SSSR count). The Morgan fingerprint density at radius 1 is 1.35 bits per heavy atom. The van der Waals surface area contributed by atoms with Gasteiger partial charge >= 0.3 is 0 Å². The van der Waals surface area contributed by atoms with Crippen LogP contribution in [0.2, 0.25) is 0 Å². The lowest BCUT2D eigenvalue weighted by Gasteiger charge is -2.17. The second kappa shape index (κ2) is 7.13. The highest BCUT2D eigenvalue weighted by atomic mass is 16.5. The van der Waals surface area contributed by atoms with Gasteiger partial charge < -0.3 is 15.0 Å². The maximum absolute atomic E-state index is 12.0. The predicted molar refractivity (Wildman–Crippen MR) is 89.7 cm³/mol. The van der Waals surface area contributed by atoms with E-state index >= 15 is 0 Å². The molecule has 0 saturated carbocycles. The molecule has 1 N–H and O–H groups in total. The first-order valence-corrected chi connectivity index (χ1v) is 7.85. The zero-order valence-electron chi connectivity index (χ0n) is 13.2. The van der Waals surface area contributed by atoms with Gasteiger partial charge in [-0.3, -0.25) is 4.79 Å². The van der Waals surface area contributed by atoms with E-state index in [4.69, 9.17) is 4.74 Å². The summed E-state index contributed by atoms with van der Waals surface area (Å²) in [5, 5.41) is 3.03. The molecule has 23 heavy (non-hydrogen) atoms. The maximum Gasteiger partial charge on any atom is 0.258 e. The van der Waals surface area contributed by atoms with Crippen LogP contribution in [0.3, 0.4) is 0 Å². The van der Waals surface area contributed by atoms with Gasteiger partial charge in [-0.2, -0.15) is 0 Å². The first kappa shape index (κ1) is 15.3. The first-order chi connectivity index (χ1) is 11.2. The van der Waals surface area contributed by atoms with Crippen molar-refractivity contribution in [1.29, 1.82) is 0 Å². The Hall–Kier alpha value is -2.56. The lowest BCUT2D eigenvalue weighted by Crippen LogP contribution is -2.39. The highest BCUT2D eigenvalue weighted by Gasteiger charge is 2.24. The first-order valence-electron chi connectivity index (χ1n) is 7.85. The normalized spacial score (nSPS) is 17.1. The third-order valence-electron chi connectivity index (χ3n) is 3.89. The number of ether oxygens (including phenoxy) is 1. The molecule has 0 radical (unpaired) electrons. The van der Waals surface area contributed by atoms with Crippen LogP contribution in [-0.4, -0.2) is 36.6 Å². The molecule has 5 heteroatoms. The number of aromatic nitrogens is 1. The summed E-state index contributed by atoms with van der Waals surface area (Å²) in [5.41, 5.74) is 1.12. The molecule has 2 aromatic rings. The summed E-state index contributed by atoms with van der Waals surface area (Å²) in [6.07, 6.45) is 2.71. The number of hydrogen-bond acceptors (Lipinski definition) is 4. The molecule has 5 nitrogen and oxygen atoms in total. The van der Waals surface area contributed by atoms with Crippen molar-refractivity contribution in [3.05, 3.63) is 54.2 Å². The molecular weight excluding hydrogens is 290 g/mol. The monoisotopic (exact) mass is 311 g/mol. The number of hydrogen-bond donors (Lipinski definition) is 1. The van der Waals surface area contributed by atoms with Gasteiger partial charge in [0, 0.05) is 25.3 Å². The van der Waals surface area contributed by atoms with Crippen LogP contribution in [-0.2, 0) is 4.79 Å². The maximum atomic E-state index is 12.0. The van der Waals surface area contributed by atoms with Crippen LogP contribution >= 0.6 is 0 Å². The number of pyridine rings is 1. The SMILES string of the molecule is Cc1cccc(OCC(=O)NC2CCN(c3ccccn3)C2)c1. The van der Waals surface area contributed by atoms with Gasteiger partial charge in [0.2, 0.25) is 0 Å². The molecule has 1 aromatic carbocycles. The summed E-state index contributed by atoms with van der Waals surface area (Å²) in [6.45, 7) is 3.73. The molecule has 1 unspecified atom stereocenters. The highest BCUT2D eigenvalue weighted by Crippen LogP contribution is 2.17. The molecule has 0 aliphatic carbocycles. The molecule has 1 saturated heterocycles. The summed E-state index contributed by atoms with van der Waals surface area (Å²) in [7, 11) is 0. The number of aryl methyl sites for hydroxylation is 1. The number of nitrogens with one attached hydrogen (secondary N) is 1. The van der Waals surface area contributed by atoms with E-state index in [9.17, 15) is 4.79 Å². The molecule has 1 atom stereocenters. The van der Waals surface area contributed by atoms with Crippen LogP contribution in [0.1, 0.15) is 12.0 Å². The quantitative estimate of drug-likeness (QED) is 0.919. The number of amides is 1. The third kappa shape index (κ3) is 4.22. The van der Waals surface area contributed by atoms with E-state index in [1.807, 2.05) is 49.4 Å². The van der Waals surface area contributed by atoms with Gasteiger partial charge in [0.05, 0.1) is 0 Å². The van der Waals surface area contributed by atoms with Gasteiger partial charge in [-0.1, -0.05) is 18.2 Å². The van der Waals surface area contributed by atoms with Gasteiger partial charge in [0.25, 0.3) is 5.91 Å². The van der Waals surface area contributed by atoms with Crippen molar-refractivity contribution >= 4 is 11.7 Å². The Morgan fingerprint density at radius 2 is 2.26 bits per heavy atom. The van der Waals surface area contributed by atoms with Crippen molar-refractivity contribution in [3.63, 3.8) is 0 Å². The molecule has 1 aromatic heterocycles. The summed E-state index contributed by atoms with van der Waals surface area (Å²) in [5.74, 6) is 1.60. The molecule has 1 aliphatic rings. The molecular formula is C18H21N3O2. The molecule has 1 amide bonds. The fourth-order valence-electron chi connectivity index (χ4n) is 2.75. The second-order valence-electron chi connectivity index (χ2n) is 5.79. The van der Waals surface area contributed by atoms with E-state index in [1.54, 1.807) is 6.20 Å². The Balaban J connectivity index is 1.46. The summed E-state index contributed by atoms with van der Waals surface area (Å²) >= 11 is 0. The Bertz CT molecular complexity index is 660. The topological polar surface area (TPSA) is 54.5 Å². The van der Waals surface area contributed by atoms with E-state index in [-0.39, 0.29) is 18.6 Å². The molecule has 1 aliphatic heterocycles. The largest absolute Gasteiger partial charge is 0.484 e. The standard InChI is InChI=1S/C18H21N3O2/c1-14-5-4-6-16(11-14)23-13-18(22)20-15-8-10-21(12-15)17-7-2-3-9-19-17/h2-7,9,11,15H,8,10,12-13H2,1H3,(H,20,22). The fourth-order valence-corrected chi connectivity index (χ4v) is 2.75. The number of benzene rings is 1. The number of carbonyl (C=O) groups is 1. The molecule has 120 valence electrons. The van der Waals surface area contributed by atoms with Crippen molar-refractivity contribution in [2.24, 2.45) is 0 Å². The zero-order chi connectivity index (χ0) is 16.1. The Labute approximate surface area is 136 Å². The Morgan fingerprint density at radius 3 is 3.04 bits per heavy atom. The molecule has 0 spiro atoms. The minimum atomic E-state index is -0.0839. The Kier molecular flexibility index (Phi) is 4.76. The number of rotatable bonds is 5. The van der Waals surface area contributed by atoms with Gasteiger partial charge in [0.1, 0.15) is 11.6 Å². The van der Waals surface area contributed by atoms with Crippen molar-refractivity contribution in [2.75, 3.05) is 24.6 Å². The summed E-state index contributed by atoms with van der Waals surface area (Å²) < 4.78 is 5.53. The minimum absolute atomic E-state index is 0.0452. The average molecular weight is 311 g/mol. The van der Waals surface area contributed by atoms with Crippen molar-refractivity contribution in [2.45, 2.75) is 19.4 Å². The van der Waals surface area contributed by atoms with Gasteiger partial charge in [-0.15, -0.1) is 0 Å². The molecule has 0 bridgehead atoms.